The second-order valence-electron chi connectivity index (χ2n) is 6.02. The van der Waals surface area contributed by atoms with Gasteiger partial charge in [0.15, 0.2) is 5.16 Å². The van der Waals surface area contributed by atoms with E-state index in [4.69, 9.17) is 11.5 Å². The number of nitrogens with one attached hydrogen (secondary N) is 1. The molecule has 7 nitrogen and oxygen atoms in total. The molecular weight excluding hydrogens is 372 g/mol. The van der Waals surface area contributed by atoms with Crippen molar-refractivity contribution >= 4 is 34.9 Å². The van der Waals surface area contributed by atoms with Crippen LogP contribution in [0.15, 0.2) is 53.7 Å². The van der Waals surface area contributed by atoms with Crippen LogP contribution in [0.3, 0.4) is 0 Å². The fourth-order valence-electron chi connectivity index (χ4n) is 2.59. The maximum atomic E-state index is 11.2. The number of aromatic nitrogens is 2. The molecular formula is C20H18N6OS. The van der Waals surface area contributed by atoms with Gasteiger partial charge in [0.05, 0.1) is 5.69 Å². The molecule has 8 heteroatoms. The highest BCUT2D eigenvalue weighted by Gasteiger charge is 2.15. The smallest absolute Gasteiger partial charge is 0.221 e. The molecule has 0 saturated carbocycles. The average Bonchev–Trinajstić information content (AvgIpc) is 2.66. The SMILES string of the molecule is CC(=O)Nc1ccc(-c2nc(SCc3cccc(N)c3)nc(N)c2C#N)cc1. The Kier molecular flexibility index (Phi) is 5.77. The molecule has 3 rings (SSSR count). The maximum absolute atomic E-state index is 11.2. The third-order valence-corrected chi connectivity index (χ3v) is 4.74. The van der Waals surface area contributed by atoms with Gasteiger partial charge < -0.3 is 16.8 Å². The summed E-state index contributed by atoms with van der Waals surface area (Å²) in [4.78, 5) is 19.9. The van der Waals surface area contributed by atoms with Gasteiger partial charge in [0.2, 0.25) is 5.91 Å². The van der Waals surface area contributed by atoms with Gasteiger partial charge in [0.1, 0.15) is 17.5 Å². The van der Waals surface area contributed by atoms with Crippen LogP contribution in [0.4, 0.5) is 17.2 Å². The first-order chi connectivity index (χ1) is 13.5. The zero-order chi connectivity index (χ0) is 20.1. The Morgan fingerprint density at radius 1 is 1.18 bits per heavy atom. The highest BCUT2D eigenvalue weighted by molar-refractivity contribution is 7.98. The lowest BCUT2D eigenvalue weighted by molar-refractivity contribution is -0.114. The molecule has 0 atom stereocenters. The highest BCUT2D eigenvalue weighted by Crippen LogP contribution is 2.29. The molecule has 5 N–H and O–H groups in total. The van der Waals surface area contributed by atoms with Crippen molar-refractivity contribution in [3.05, 3.63) is 59.7 Å². The van der Waals surface area contributed by atoms with Gasteiger partial charge in [-0.05, 0) is 29.8 Å². The van der Waals surface area contributed by atoms with Crippen LogP contribution in [0.25, 0.3) is 11.3 Å². The summed E-state index contributed by atoms with van der Waals surface area (Å²) < 4.78 is 0. The van der Waals surface area contributed by atoms with Crippen LogP contribution in [0.2, 0.25) is 0 Å². The van der Waals surface area contributed by atoms with Crippen molar-refractivity contribution < 1.29 is 4.79 Å². The number of hydrogen-bond acceptors (Lipinski definition) is 7. The summed E-state index contributed by atoms with van der Waals surface area (Å²) in [5.41, 5.74) is 15.6. The number of thioether (sulfide) groups is 1. The largest absolute Gasteiger partial charge is 0.399 e. The van der Waals surface area contributed by atoms with E-state index < -0.39 is 0 Å². The van der Waals surface area contributed by atoms with Gasteiger partial charge in [0, 0.05) is 29.6 Å². The minimum atomic E-state index is -0.156. The Labute approximate surface area is 166 Å². The topological polar surface area (TPSA) is 131 Å². The first kappa shape index (κ1) is 19.2. The number of nitrogens with zero attached hydrogens (tertiary/aromatic N) is 3. The quantitative estimate of drug-likeness (QED) is 0.345. The van der Waals surface area contributed by atoms with E-state index in [2.05, 4.69) is 21.4 Å². The zero-order valence-corrected chi connectivity index (χ0v) is 16.0. The van der Waals surface area contributed by atoms with Crippen molar-refractivity contribution in [2.24, 2.45) is 0 Å². The monoisotopic (exact) mass is 390 g/mol. The van der Waals surface area contributed by atoms with Gasteiger partial charge in [-0.2, -0.15) is 5.26 Å². The second-order valence-corrected chi connectivity index (χ2v) is 6.96. The summed E-state index contributed by atoms with van der Waals surface area (Å²) in [6, 6.07) is 16.7. The molecule has 140 valence electrons. The van der Waals surface area contributed by atoms with Crippen LogP contribution in [-0.2, 0) is 10.5 Å². The number of nitrogens with two attached hydrogens (primary N) is 2. The van der Waals surface area contributed by atoms with E-state index in [1.807, 2.05) is 24.3 Å². The number of benzene rings is 2. The molecule has 3 aromatic rings. The van der Waals surface area contributed by atoms with E-state index >= 15 is 0 Å². The molecule has 0 radical (unpaired) electrons. The molecule has 1 heterocycles. The first-order valence-electron chi connectivity index (χ1n) is 8.39. The fourth-order valence-corrected chi connectivity index (χ4v) is 3.38. The van der Waals surface area contributed by atoms with Gasteiger partial charge in [-0.25, -0.2) is 9.97 Å². The number of nitriles is 1. The van der Waals surface area contributed by atoms with E-state index in [9.17, 15) is 10.1 Å². The molecule has 28 heavy (non-hydrogen) atoms. The van der Waals surface area contributed by atoms with Gasteiger partial charge in [-0.1, -0.05) is 36.0 Å². The summed E-state index contributed by atoms with van der Waals surface area (Å²) in [7, 11) is 0. The van der Waals surface area contributed by atoms with Gasteiger partial charge >= 0.3 is 0 Å². The van der Waals surface area contributed by atoms with Crippen molar-refractivity contribution in [3.63, 3.8) is 0 Å². The van der Waals surface area contributed by atoms with E-state index in [0.29, 0.717) is 33.5 Å². The van der Waals surface area contributed by atoms with Crippen LogP contribution >= 0.6 is 11.8 Å². The third kappa shape index (κ3) is 4.58. The third-order valence-electron chi connectivity index (χ3n) is 3.83. The lowest BCUT2D eigenvalue weighted by Crippen LogP contribution is -2.05. The highest BCUT2D eigenvalue weighted by atomic mass is 32.2. The molecule has 0 saturated heterocycles. The molecule has 0 aliphatic heterocycles. The Balaban J connectivity index is 1.90. The number of amides is 1. The molecule has 0 aliphatic rings. The van der Waals surface area contributed by atoms with Crippen LogP contribution in [0.1, 0.15) is 18.1 Å². The van der Waals surface area contributed by atoms with Crippen molar-refractivity contribution in [2.75, 3.05) is 16.8 Å². The van der Waals surface area contributed by atoms with Crippen LogP contribution in [0.5, 0.6) is 0 Å². The summed E-state index contributed by atoms with van der Waals surface area (Å²) >= 11 is 1.41. The average molecular weight is 390 g/mol. The fraction of sp³-hybridized carbons (Fsp3) is 0.100. The molecule has 1 amide bonds. The number of carbonyl (C=O) groups is 1. The minimum Gasteiger partial charge on any atom is -0.399 e. The Hall–Kier alpha value is -3.57. The minimum absolute atomic E-state index is 0.133. The molecule has 0 spiro atoms. The van der Waals surface area contributed by atoms with Crippen LogP contribution in [0, 0.1) is 11.3 Å². The number of hydrogen-bond donors (Lipinski definition) is 3. The summed E-state index contributed by atoms with van der Waals surface area (Å²) in [5.74, 6) is 0.600. The van der Waals surface area contributed by atoms with Crippen molar-refractivity contribution in [2.45, 2.75) is 17.8 Å². The standard InChI is InChI=1S/C20H18N6OS/c1-12(27)24-16-7-5-14(6-8-16)18-17(10-21)19(23)26-20(25-18)28-11-13-3-2-4-15(22)9-13/h2-9H,11,22H2,1H3,(H,24,27)(H2,23,25,26). The number of nitrogen functional groups attached to an aromatic ring is 2. The number of anilines is 3. The van der Waals surface area contributed by atoms with Crippen molar-refractivity contribution in [1.29, 1.82) is 5.26 Å². The maximum Gasteiger partial charge on any atom is 0.221 e. The first-order valence-corrected chi connectivity index (χ1v) is 9.37. The number of rotatable bonds is 5. The molecule has 0 aliphatic carbocycles. The second kappa shape index (κ2) is 8.41. The van der Waals surface area contributed by atoms with E-state index in [0.717, 1.165) is 5.56 Å². The molecule has 0 unspecified atom stereocenters. The summed E-state index contributed by atoms with van der Waals surface area (Å²) in [5, 5.41) is 12.6. The molecule has 0 bridgehead atoms. The Morgan fingerprint density at radius 3 is 2.57 bits per heavy atom. The van der Waals surface area contributed by atoms with Gasteiger partial charge in [-0.15, -0.1) is 0 Å². The lowest BCUT2D eigenvalue weighted by Gasteiger charge is -2.10. The van der Waals surface area contributed by atoms with Gasteiger partial charge in [0.25, 0.3) is 0 Å². The Bertz CT molecular complexity index is 1060. The predicted octanol–water partition coefficient (Wildman–Crippen LogP) is 3.43. The van der Waals surface area contributed by atoms with E-state index in [1.54, 1.807) is 24.3 Å². The lowest BCUT2D eigenvalue weighted by atomic mass is 10.1. The number of carbonyl (C=O) groups excluding carboxylic acids is 1. The van der Waals surface area contributed by atoms with Crippen molar-refractivity contribution in [1.82, 2.24) is 9.97 Å². The summed E-state index contributed by atoms with van der Waals surface area (Å²) in [6.07, 6.45) is 0. The summed E-state index contributed by atoms with van der Waals surface area (Å²) in [6.45, 7) is 1.44. The van der Waals surface area contributed by atoms with Crippen LogP contribution < -0.4 is 16.8 Å². The van der Waals surface area contributed by atoms with Crippen molar-refractivity contribution in [3.8, 4) is 17.3 Å². The normalized spacial score (nSPS) is 10.3. The molecule has 0 fully saturated rings. The molecule has 2 aromatic carbocycles. The van der Waals surface area contributed by atoms with E-state index in [-0.39, 0.29) is 17.3 Å². The molecule has 1 aromatic heterocycles. The van der Waals surface area contributed by atoms with Crippen LogP contribution in [-0.4, -0.2) is 15.9 Å². The predicted molar refractivity (Wildman–Crippen MR) is 111 cm³/mol. The Morgan fingerprint density at radius 2 is 1.93 bits per heavy atom. The van der Waals surface area contributed by atoms with Gasteiger partial charge in [-0.3, -0.25) is 4.79 Å². The van der Waals surface area contributed by atoms with E-state index in [1.165, 1.54) is 18.7 Å². The zero-order valence-electron chi connectivity index (χ0n) is 15.1.